The molecule has 1 aromatic rings. The van der Waals surface area contributed by atoms with Gasteiger partial charge in [0.15, 0.2) is 4.21 Å². The molecule has 0 saturated carbocycles. The maximum atomic E-state index is 12.7. The summed E-state index contributed by atoms with van der Waals surface area (Å²) < 4.78 is 25.6. The van der Waals surface area contributed by atoms with Crippen molar-refractivity contribution in [3.05, 3.63) is 17.5 Å². The quantitative estimate of drug-likeness (QED) is 0.756. The van der Waals surface area contributed by atoms with E-state index < -0.39 is 21.9 Å². The van der Waals surface area contributed by atoms with Gasteiger partial charge in [-0.3, -0.25) is 0 Å². The molecular formula is C12H17NO4S2. The molecule has 1 aliphatic heterocycles. The number of sulfonamides is 1. The van der Waals surface area contributed by atoms with Gasteiger partial charge in [0.2, 0.25) is 0 Å². The number of aliphatic carboxylic acids is 1. The van der Waals surface area contributed by atoms with Gasteiger partial charge in [0, 0.05) is 5.92 Å². The number of rotatable bonds is 4. The Morgan fingerprint density at radius 3 is 2.84 bits per heavy atom. The Hall–Kier alpha value is -0.920. The van der Waals surface area contributed by atoms with Crippen molar-refractivity contribution in [1.82, 2.24) is 0 Å². The van der Waals surface area contributed by atoms with Crippen molar-refractivity contribution in [2.45, 2.75) is 24.0 Å². The van der Waals surface area contributed by atoms with Crippen LogP contribution in [0.25, 0.3) is 0 Å². The third kappa shape index (κ3) is 2.42. The van der Waals surface area contributed by atoms with Crippen molar-refractivity contribution in [3.63, 3.8) is 0 Å². The van der Waals surface area contributed by atoms with Crippen LogP contribution >= 0.6 is 11.3 Å². The second-order valence-corrected chi connectivity index (χ2v) is 8.22. The maximum absolute atomic E-state index is 12.7. The third-order valence-electron chi connectivity index (χ3n) is 3.84. The standard InChI is InChI=1S/C12H17NO4S2/c1-2-13(7-3-5-10(9-13)12(14)15)19(16,17)11-6-4-8-18-11/h4,6,8,10H,2-3,5,7,9H2,1H3. The maximum Gasteiger partial charge on any atom is 0.336 e. The summed E-state index contributed by atoms with van der Waals surface area (Å²) in [7, 11) is -3.53. The van der Waals surface area contributed by atoms with Gasteiger partial charge in [0.05, 0.1) is 19.1 Å². The normalized spacial score (nSPS) is 28.2. The molecule has 1 aromatic heterocycles. The smallest absolute Gasteiger partial charge is 0.336 e. The third-order valence-corrected chi connectivity index (χ3v) is 7.68. The highest BCUT2D eigenvalue weighted by Crippen LogP contribution is 2.33. The highest BCUT2D eigenvalue weighted by Gasteiger charge is 2.46. The molecule has 2 heterocycles. The lowest BCUT2D eigenvalue weighted by Crippen LogP contribution is -2.59. The minimum atomic E-state index is -3.53. The van der Waals surface area contributed by atoms with E-state index in [2.05, 4.69) is 0 Å². The Bertz CT molecular complexity index is 552. The number of quaternary nitrogens is 1. The van der Waals surface area contributed by atoms with Crippen LogP contribution in [0.2, 0.25) is 0 Å². The van der Waals surface area contributed by atoms with Crippen LogP contribution in [-0.2, 0) is 14.8 Å². The fourth-order valence-corrected chi connectivity index (χ4v) is 5.97. The molecule has 0 amide bonds. The largest absolute Gasteiger partial charge is 0.550 e. The van der Waals surface area contributed by atoms with Crippen LogP contribution in [0, 0.1) is 5.92 Å². The molecule has 2 atom stereocenters. The lowest BCUT2D eigenvalue weighted by atomic mass is 9.98. The van der Waals surface area contributed by atoms with Crippen LogP contribution in [0.1, 0.15) is 19.8 Å². The molecular weight excluding hydrogens is 286 g/mol. The highest BCUT2D eigenvalue weighted by atomic mass is 32.2. The van der Waals surface area contributed by atoms with Gasteiger partial charge in [-0.2, -0.15) is 8.42 Å². The van der Waals surface area contributed by atoms with Crippen LogP contribution < -0.4 is 5.11 Å². The zero-order chi connectivity index (χ0) is 14.1. The van der Waals surface area contributed by atoms with E-state index in [4.69, 9.17) is 0 Å². The molecule has 0 spiro atoms. The first-order valence-electron chi connectivity index (χ1n) is 6.28. The van der Waals surface area contributed by atoms with E-state index in [9.17, 15) is 18.3 Å². The van der Waals surface area contributed by atoms with Gasteiger partial charge in [-0.25, -0.2) is 3.89 Å². The number of hydrogen-bond acceptors (Lipinski definition) is 5. The number of likely N-dealkylation sites (tertiary alicyclic amines) is 1. The van der Waals surface area contributed by atoms with Crippen molar-refractivity contribution >= 4 is 27.3 Å². The van der Waals surface area contributed by atoms with Gasteiger partial charge < -0.3 is 9.90 Å². The second-order valence-electron chi connectivity index (χ2n) is 4.85. The van der Waals surface area contributed by atoms with E-state index >= 15 is 0 Å². The number of piperidine rings is 1. The van der Waals surface area contributed by atoms with Crippen molar-refractivity contribution < 1.29 is 22.2 Å². The molecule has 0 radical (unpaired) electrons. The van der Waals surface area contributed by atoms with Gasteiger partial charge in [0.25, 0.3) is 0 Å². The average Bonchev–Trinajstić information content (AvgIpc) is 2.93. The van der Waals surface area contributed by atoms with E-state index in [1.54, 1.807) is 24.4 Å². The molecule has 106 valence electrons. The van der Waals surface area contributed by atoms with Crippen LogP contribution in [0.4, 0.5) is 0 Å². The Balaban J connectivity index is 2.40. The monoisotopic (exact) mass is 303 g/mol. The molecule has 2 rings (SSSR count). The predicted octanol–water partition coefficient (Wildman–Crippen LogP) is 0.433. The minimum Gasteiger partial charge on any atom is -0.550 e. The van der Waals surface area contributed by atoms with Crippen LogP contribution in [0.3, 0.4) is 0 Å². The van der Waals surface area contributed by atoms with Gasteiger partial charge in [-0.15, -0.1) is 11.3 Å². The van der Waals surface area contributed by atoms with Crippen molar-refractivity contribution in [2.75, 3.05) is 19.6 Å². The molecule has 0 N–H and O–H groups in total. The van der Waals surface area contributed by atoms with E-state index in [1.165, 1.54) is 11.3 Å². The minimum absolute atomic E-state index is 0.110. The second kappa shape index (κ2) is 5.22. The molecule has 1 saturated heterocycles. The molecule has 0 aliphatic carbocycles. The molecule has 5 nitrogen and oxygen atoms in total. The average molecular weight is 303 g/mol. The van der Waals surface area contributed by atoms with Gasteiger partial charge in [0.1, 0.15) is 6.54 Å². The van der Waals surface area contributed by atoms with Crippen LogP contribution in [-0.4, -0.2) is 37.9 Å². The number of carbonyl (C=O) groups excluding carboxylic acids is 1. The highest BCUT2D eigenvalue weighted by molar-refractivity contribution is 7.88. The van der Waals surface area contributed by atoms with E-state index in [-0.39, 0.29) is 10.4 Å². The summed E-state index contributed by atoms with van der Waals surface area (Å²) >= 11 is 1.18. The summed E-state index contributed by atoms with van der Waals surface area (Å²) in [5, 5.41) is 12.8. The Morgan fingerprint density at radius 2 is 2.32 bits per heavy atom. The Kier molecular flexibility index (Phi) is 3.98. The summed E-state index contributed by atoms with van der Waals surface area (Å²) in [6, 6.07) is 3.28. The lowest BCUT2D eigenvalue weighted by Gasteiger charge is -2.41. The zero-order valence-electron chi connectivity index (χ0n) is 10.7. The topological polar surface area (TPSA) is 74.3 Å². The molecule has 19 heavy (non-hydrogen) atoms. The summed E-state index contributed by atoms with van der Waals surface area (Å²) in [5.74, 6) is -1.82. The first kappa shape index (κ1) is 14.5. The molecule has 0 aromatic carbocycles. The van der Waals surface area contributed by atoms with E-state index in [1.807, 2.05) is 0 Å². The number of thiophene rings is 1. The molecule has 0 bridgehead atoms. The first-order valence-corrected chi connectivity index (χ1v) is 8.60. The van der Waals surface area contributed by atoms with Crippen molar-refractivity contribution in [3.8, 4) is 0 Å². The van der Waals surface area contributed by atoms with E-state index in [0.717, 1.165) is 0 Å². The zero-order valence-corrected chi connectivity index (χ0v) is 12.4. The SMILES string of the molecule is CC[N+]1(S(=O)(=O)c2cccs2)CCCC(C(=O)[O-])C1. The Morgan fingerprint density at radius 1 is 1.58 bits per heavy atom. The molecule has 2 unspecified atom stereocenters. The fourth-order valence-electron chi connectivity index (χ4n) is 2.68. The summed E-state index contributed by atoms with van der Waals surface area (Å²) in [4.78, 5) is 11.1. The number of hydrogen-bond donors (Lipinski definition) is 0. The van der Waals surface area contributed by atoms with Gasteiger partial charge >= 0.3 is 10.0 Å². The first-order chi connectivity index (χ1) is 8.93. The van der Waals surface area contributed by atoms with Crippen LogP contribution in [0.15, 0.2) is 21.7 Å². The number of carbonyl (C=O) groups is 1. The van der Waals surface area contributed by atoms with Crippen molar-refractivity contribution in [1.29, 1.82) is 0 Å². The van der Waals surface area contributed by atoms with Gasteiger partial charge in [-0.05, 0) is 37.3 Å². The van der Waals surface area contributed by atoms with E-state index in [0.29, 0.717) is 30.1 Å². The molecule has 7 heteroatoms. The number of carboxylic acid groups (broad SMARTS) is 1. The summed E-state index contributed by atoms with van der Waals surface area (Å²) in [5.41, 5.74) is 0. The van der Waals surface area contributed by atoms with Gasteiger partial charge in [-0.1, -0.05) is 0 Å². The number of carboxylic acids is 1. The summed E-state index contributed by atoms with van der Waals surface area (Å²) in [6.07, 6.45) is 1.10. The molecule has 1 aliphatic rings. The van der Waals surface area contributed by atoms with Crippen molar-refractivity contribution in [2.24, 2.45) is 5.92 Å². The lowest BCUT2D eigenvalue weighted by molar-refractivity contribution is -0.813. The predicted molar refractivity (Wildman–Crippen MR) is 69.8 cm³/mol. The Labute approximate surface area is 117 Å². The van der Waals surface area contributed by atoms with Crippen LogP contribution in [0.5, 0.6) is 0 Å². The fraction of sp³-hybridized carbons (Fsp3) is 0.583. The number of nitrogens with zero attached hydrogens (tertiary/aromatic N) is 1. The summed E-state index contributed by atoms with van der Waals surface area (Å²) in [6.45, 7) is 2.76. The molecule has 1 fully saturated rings.